The van der Waals surface area contributed by atoms with Gasteiger partial charge < -0.3 is 24.8 Å². The van der Waals surface area contributed by atoms with Gasteiger partial charge in [-0.2, -0.15) is 0 Å². The number of ether oxygens (including phenoxy) is 3. The molecule has 1 atom stereocenters. The summed E-state index contributed by atoms with van der Waals surface area (Å²) in [5, 5.41) is 6.28. The molecule has 1 aliphatic heterocycles. The molecule has 1 aromatic rings. The number of guanidine groups is 1. The maximum atomic E-state index is 11.4. The van der Waals surface area contributed by atoms with Gasteiger partial charge in [0.25, 0.3) is 0 Å². The molecule has 9 nitrogen and oxygen atoms in total. The van der Waals surface area contributed by atoms with Crippen LogP contribution in [0.1, 0.15) is 18.5 Å². The molecule has 1 saturated heterocycles. The van der Waals surface area contributed by atoms with E-state index in [0.717, 1.165) is 18.7 Å². The second kappa shape index (κ2) is 12.0. The van der Waals surface area contributed by atoms with Crippen LogP contribution in [0, 0.1) is 0 Å². The number of aliphatic imine (C=N–C) groups is 1. The van der Waals surface area contributed by atoms with E-state index in [1.807, 2.05) is 25.1 Å². The molecule has 10 heteroatoms. The Morgan fingerprint density at radius 3 is 2.50 bits per heavy atom. The third-order valence-electron chi connectivity index (χ3n) is 4.81. The summed E-state index contributed by atoms with van der Waals surface area (Å²) >= 11 is 0. The number of sulfone groups is 1. The lowest BCUT2D eigenvalue weighted by Gasteiger charge is -2.34. The lowest BCUT2D eigenvalue weighted by molar-refractivity contribution is 0.0179. The maximum Gasteiger partial charge on any atom is 0.191 e. The van der Waals surface area contributed by atoms with Gasteiger partial charge >= 0.3 is 0 Å². The van der Waals surface area contributed by atoms with Crippen molar-refractivity contribution in [2.75, 3.05) is 72.2 Å². The van der Waals surface area contributed by atoms with Gasteiger partial charge in [0.1, 0.15) is 9.84 Å². The van der Waals surface area contributed by atoms with Gasteiger partial charge in [0.2, 0.25) is 0 Å². The molecule has 0 aromatic heterocycles. The largest absolute Gasteiger partial charge is 0.493 e. The molecule has 1 aromatic carbocycles. The van der Waals surface area contributed by atoms with Crippen molar-refractivity contribution in [1.29, 1.82) is 0 Å². The molecular formula is C20H34N4O5S. The van der Waals surface area contributed by atoms with E-state index in [1.165, 1.54) is 6.26 Å². The van der Waals surface area contributed by atoms with Gasteiger partial charge in [-0.05, 0) is 24.6 Å². The predicted molar refractivity (Wildman–Crippen MR) is 118 cm³/mol. The number of benzene rings is 1. The van der Waals surface area contributed by atoms with E-state index in [1.54, 1.807) is 14.2 Å². The molecule has 1 heterocycles. The maximum absolute atomic E-state index is 11.4. The van der Waals surface area contributed by atoms with E-state index in [9.17, 15) is 8.42 Å². The summed E-state index contributed by atoms with van der Waals surface area (Å²) in [6.07, 6.45) is 1.23. The Morgan fingerprint density at radius 2 is 1.90 bits per heavy atom. The molecule has 1 unspecified atom stereocenters. The molecule has 2 rings (SSSR count). The normalized spacial score (nSPS) is 16.7. The van der Waals surface area contributed by atoms with Crippen molar-refractivity contribution in [3.63, 3.8) is 0 Å². The number of hydrogen-bond acceptors (Lipinski definition) is 7. The lowest BCUT2D eigenvalue weighted by Crippen LogP contribution is -2.42. The zero-order valence-corrected chi connectivity index (χ0v) is 19.1. The number of rotatable bonds is 10. The van der Waals surface area contributed by atoms with Crippen LogP contribution in [0.4, 0.5) is 0 Å². The van der Waals surface area contributed by atoms with Crippen molar-refractivity contribution in [3.8, 4) is 11.5 Å². The molecule has 0 amide bonds. The zero-order chi connectivity index (χ0) is 22.0. The Balaban J connectivity index is 2.22. The van der Waals surface area contributed by atoms with Crippen LogP contribution < -0.4 is 20.1 Å². The van der Waals surface area contributed by atoms with Crippen molar-refractivity contribution < 1.29 is 22.6 Å². The van der Waals surface area contributed by atoms with Crippen LogP contribution in [0.15, 0.2) is 23.2 Å². The summed E-state index contributed by atoms with van der Waals surface area (Å²) in [4.78, 5) is 7.07. The van der Waals surface area contributed by atoms with Crippen molar-refractivity contribution in [3.05, 3.63) is 23.8 Å². The third kappa shape index (κ3) is 7.66. The number of nitrogens with one attached hydrogen (secondary N) is 2. The predicted octanol–water partition coefficient (Wildman–Crippen LogP) is 0.677. The highest BCUT2D eigenvalue weighted by Gasteiger charge is 2.24. The molecule has 0 spiro atoms. The van der Waals surface area contributed by atoms with Gasteiger partial charge in [-0.1, -0.05) is 6.07 Å². The van der Waals surface area contributed by atoms with E-state index in [4.69, 9.17) is 19.2 Å². The zero-order valence-electron chi connectivity index (χ0n) is 18.3. The lowest BCUT2D eigenvalue weighted by atomic mass is 10.0. The van der Waals surface area contributed by atoms with Gasteiger partial charge in [-0.15, -0.1) is 0 Å². The summed E-state index contributed by atoms with van der Waals surface area (Å²) in [5.74, 6) is 2.01. The molecular weight excluding hydrogens is 408 g/mol. The minimum absolute atomic E-state index is 0.0269. The van der Waals surface area contributed by atoms with Gasteiger partial charge in [0, 0.05) is 32.4 Å². The highest BCUT2D eigenvalue weighted by molar-refractivity contribution is 7.90. The van der Waals surface area contributed by atoms with Crippen molar-refractivity contribution in [1.82, 2.24) is 15.5 Å². The first-order valence-corrected chi connectivity index (χ1v) is 12.2. The van der Waals surface area contributed by atoms with E-state index in [2.05, 4.69) is 15.5 Å². The summed E-state index contributed by atoms with van der Waals surface area (Å²) in [6.45, 7) is 6.46. The fourth-order valence-electron chi connectivity index (χ4n) is 3.26. The summed E-state index contributed by atoms with van der Waals surface area (Å²) < 4.78 is 39.2. The minimum atomic E-state index is -3.03. The first-order chi connectivity index (χ1) is 14.4. The molecule has 2 N–H and O–H groups in total. The van der Waals surface area contributed by atoms with Gasteiger partial charge in [0.05, 0.1) is 45.8 Å². The van der Waals surface area contributed by atoms with Crippen molar-refractivity contribution >= 4 is 15.8 Å². The van der Waals surface area contributed by atoms with E-state index < -0.39 is 9.84 Å². The molecule has 170 valence electrons. The second-order valence-electron chi connectivity index (χ2n) is 7.05. The summed E-state index contributed by atoms with van der Waals surface area (Å²) in [5.41, 5.74) is 1.07. The topological polar surface area (TPSA) is 101 Å². The Bertz CT molecular complexity index is 794. The number of hydrogen-bond donors (Lipinski definition) is 2. The van der Waals surface area contributed by atoms with E-state index in [-0.39, 0.29) is 11.8 Å². The van der Waals surface area contributed by atoms with Crippen LogP contribution in [0.25, 0.3) is 0 Å². The van der Waals surface area contributed by atoms with Crippen LogP contribution in [-0.4, -0.2) is 91.4 Å². The Hall–Kier alpha value is -2.04. The minimum Gasteiger partial charge on any atom is -0.493 e. The molecule has 0 bridgehead atoms. The summed E-state index contributed by atoms with van der Waals surface area (Å²) in [6, 6.07) is 5.94. The SMILES string of the molecule is CCNC(=NCC(c1ccc(OC)c(OC)c1)N1CCOCC1)NCCS(C)(=O)=O. The molecule has 0 radical (unpaired) electrons. The van der Waals surface area contributed by atoms with Crippen LogP contribution in [0.2, 0.25) is 0 Å². The van der Waals surface area contributed by atoms with Crippen LogP contribution in [0.5, 0.6) is 11.5 Å². The number of nitrogens with zero attached hydrogens (tertiary/aromatic N) is 2. The van der Waals surface area contributed by atoms with Crippen molar-refractivity contribution in [2.45, 2.75) is 13.0 Å². The Kier molecular flexibility index (Phi) is 9.67. The van der Waals surface area contributed by atoms with Crippen LogP contribution in [-0.2, 0) is 14.6 Å². The first-order valence-electron chi connectivity index (χ1n) is 10.1. The molecule has 1 fully saturated rings. The Labute approximate surface area is 179 Å². The first kappa shape index (κ1) is 24.2. The average molecular weight is 443 g/mol. The van der Waals surface area contributed by atoms with E-state index in [0.29, 0.717) is 50.3 Å². The van der Waals surface area contributed by atoms with Crippen LogP contribution in [0.3, 0.4) is 0 Å². The van der Waals surface area contributed by atoms with Gasteiger partial charge in [0.15, 0.2) is 17.5 Å². The summed E-state index contributed by atoms with van der Waals surface area (Å²) in [7, 11) is 0.207. The second-order valence-corrected chi connectivity index (χ2v) is 9.31. The quantitative estimate of drug-likeness (QED) is 0.403. The van der Waals surface area contributed by atoms with E-state index >= 15 is 0 Å². The number of morpholine rings is 1. The fraction of sp³-hybridized carbons (Fsp3) is 0.650. The number of methoxy groups -OCH3 is 2. The highest BCUT2D eigenvalue weighted by atomic mass is 32.2. The van der Waals surface area contributed by atoms with Gasteiger partial charge in [-0.3, -0.25) is 9.89 Å². The van der Waals surface area contributed by atoms with Gasteiger partial charge in [-0.25, -0.2) is 8.42 Å². The standard InChI is InChI=1S/C20H34N4O5S/c1-5-21-20(22-8-13-30(4,25)26)23-15-17(24-9-11-29-12-10-24)16-6-7-18(27-2)19(14-16)28-3/h6-7,14,17H,5,8-13,15H2,1-4H3,(H2,21,22,23). The smallest absolute Gasteiger partial charge is 0.191 e. The monoisotopic (exact) mass is 442 g/mol. The molecule has 0 saturated carbocycles. The molecule has 0 aliphatic carbocycles. The van der Waals surface area contributed by atoms with Crippen molar-refractivity contribution in [2.24, 2.45) is 4.99 Å². The Morgan fingerprint density at radius 1 is 1.20 bits per heavy atom. The third-order valence-corrected chi connectivity index (χ3v) is 5.76. The fourth-order valence-corrected chi connectivity index (χ4v) is 3.73. The molecule has 30 heavy (non-hydrogen) atoms. The molecule has 1 aliphatic rings. The average Bonchev–Trinajstić information content (AvgIpc) is 2.73. The van der Waals surface area contributed by atoms with Crippen LogP contribution >= 0.6 is 0 Å². The highest BCUT2D eigenvalue weighted by Crippen LogP contribution is 2.32.